The zero-order chi connectivity index (χ0) is 20.8. The van der Waals surface area contributed by atoms with Crippen molar-refractivity contribution in [2.45, 2.75) is 31.2 Å². The first-order chi connectivity index (χ1) is 13.7. The summed E-state index contributed by atoms with van der Waals surface area (Å²) in [7, 11) is 3.77. The molecule has 29 heavy (non-hydrogen) atoms. The first-order valence-corrected chi connectivity index (χ1v) is 9.41. The molecule has 0 bridgehead atoms. The summed E-state index contributed by atoms with van der Waals surface area (Å²) in [4.78, 5) is 13.1. The zero-order valence-electron chi connectivity index (χ0n) is 16.3. The molecule has 0 amide bonds. The molecule has 6 nitrogen and oxygen atoms in total. The number of phenols is 1. The molecule has 0 radical (unpaired) electrons. The fourth-order valence-electron chi connectivity index (χ4n) is 4.17. The van der Waals surface area contributed by atoms with Gasteiger partial charge in [-0.15, -0.1) is 0 Å². The van der Waals surface area contributed by atoms with Crippen LogP contribution in [0.2, 0.25) is 0 Å². The van der Waals surface area contributed by atoms with E-state index in [4.69, 9.17) is 9.72 Å². The summed E-state index contributed by atoms with van der Waals surface area (Å²) in [5.41, 5.74) is 1.17. The third-order valence-electron chi connectivity index (χ3n) is 5.60. The van der Waals surface area contributed by atoms with Crippen LogP contribution in [0.15, 0.2) is 24.4 Å². The minimum absolute atomic E-state index is 0.287. The summed E-state index contributed by atoms with van der Waals surface area (Å²) in [6.45, 7) is 2.74. The van der Waals surface area contributed by atoms with E-state index in [-0.39, 0.29) is 5.41 Å². The number of ether oxygens (including phenoxy) is 1. The van der Waals surface area contributed by atoms with Gasteiger partial charge >= 0.3 is 6.18 Å². The number of anilines is 1. The molecule has 2 aromatic rings. The molecular formula is C20H23F3N4O2. The summed E-state index contributed by atoms with van der Waals surface area (Å²) < 4.78 is 45.1. The summed E-state index contributed by atoms with van der Waals surface area (Å²) in [6.07, 6.45) is -1.97. The molecule has 156 valence electrons. The van der Waals surface area contributed by atoms with Crippen molar-refractivity contribution in [3.8, 4) is 5.75 Å². The molecule has 4 rings (SSSR count). The third-order valence-corrected chi connectivity index (χ3v) is 5.60. The SMILES string of the molecule is CN(C)c1ncc2c(n1)[C@@]1(CCN(Cc3ccc(O)c(C(F)(F)F)c3)C1)COC2. The van der Waals surface area contributed by atoms with Crippen LogP contribution in [0.4, 0.5) is 19.1 Å². The fraction of sp³-hybridized carbons (Fsp3) is 0.500. The van der Waals surface area contributed by atoms with Gasteiger partial charge in [0.25, 0.3) is 0 Å². The van der Waals surface area contributed by atoms with Crippen molar-refractivity contribution in [2.75, 3.05) is 38.7 Å². The Hall–Kier alpha value is -2.39. The van der Waals surface area contributed by atoms with Gasteiger partial charge in [-0.1, -0.05) is 6.07 Å². The lowest BCUT2D eigenvalue weighted by atomic mass is 9.80. The molecule has 1 aromatic carbocycles. The van der Waals surface area contributed by atoms with Crippen LogP contribution in [0.25, 0.3) is 0 Å². The van der Waals surface area contributed by atoms with Gasteiger partial charge in [-0.05, 0) is 30.7 Å². The number of hydrogen-bond donors (Lipinski definition) is 1. The molecule has 1 atom stereocenters. The Bertz CT molecular complexity index is 919. The number of aromatic hydroxyl groups is 1. The molecule has 1 aromatic heterocycles. The quantitative estimate of drug-likeness (QED) is 0.843. The Balaban J connectivity index is 1.57. The largest absolute Gasteiger partial charge is 0.507 e. The second kappa shape index (κ2) is 7.14. The number of nitrogens with zero attached hydrogens (tertiary/aromatic N) is 4. The second-order valence-electron chi connectivity index (χ2n) is 8.02. The van der Waals surface area contributed by atoms with Crippen molar-refractivity contribution >= 4 is 5.95 Å². The van der Waals surface area contributed by atoms with Gasteiger partial charge in [0, 0.05) is 38.9 Å². The number of phenolic OH excluding ortho intramolecular Hbond substituents is 1. The molecule has 9 heteroatoms. The van der Waals surface area contributed by atoms with Crippen LogP contribution in [-0.4, -0.2) is 53.8 Å². The molecule has 2 aliphatic rings. The molecule has 0 unspecified atom stereocenters. The van der Waals surface area contributed by atoms with Crippen LogP contribution in [-0.2, 0) is 29.5 Å². The van der Waals surface area contributed by atoms with Gasteiger partial charge in [0.05, 0.1) is 29.9 Å². The van der Waals surface area contributed by atoms with Crippen LogP contribution in [0.5, 0.6) is 5.75 Å². The number of aromatic nitrogens is 2. The first-order valence-electron chi connectivity index (χ1n) is 9.41. The Labute approximate surface area is 166 Å². The van der Waals surface area contributed by atoms with Crippen LogP contribution in [0.1, 0.15) is 28.8 Å². The van der Waals surface area contributed by atoms with E-state index >= 15 is 0 Å². The zero-order valence-corrected chi connectivity index (χ0v) is 16.3. The predicted molar refractivity (Wildman–Crippen MR) is 101 cm³/mol. The average Bonchev–Trinajstić information content (AvgIpc) is 3.05. The molecule has 1 spiro atoms. The Morgan fingerprint density at radius 2 is 2.10 bits per heavy atom. The third kappa shape index (κ3) is 3.76. The number of rotatable bonds is 3. The van der Waals surface area contributed by atoms with Crippen LogP contribution in [0, 0.1) is 0 Å². The van der Waals surface area contributed by atoms with E-state index in [0.717, 1.165) is 36.4 Å². The Kier molecular flexibility index (Phi) is 4.90. The van der Waals surface area contributed by atoms with Crippen LogP contribution < -0.4 is 4.90 Å². The lowest BCUT2D eigenvalue weighted by Crippen LogP contribution is -2.40. The van der Waals surface area contributed by atoms with Crippen molar-refractivity contribution in [2.24, 2.45) is 0 Å². The van der Waals surface area contributed by atoms with Gasteiger partial charge in [-0.2, -0.15) is 13.2 Å². The Morgan fingerprint density at radius 3 is 2.83 bits per heavy atom. The van der Waals surface area contributed by atoms with Gasteiger partial charge in [0.1, 0.15) is 5.75 Å². The predicted octanol–water partition coefficient (Wildman–Crippen LogP) is 2.94. The van der Waals surface area contributed by atoms with Gasteiger partial charge in [-0.3, -0.25) is 4.90 Å². The van der Waals surface area contributed by atoms with Gasteiger partial charge in [-0.25, -0.2) is 9.97 Å². The van der Waals surface area contributed by atoms with Gasteiger partial charge < -0.3 is 14.7 Å². The number of halogens is 3. The first kappa shape index (κ1) is 19.9. The molecule has 1 N–H and O–H groups in total. The maximum Gasteiger partial charge on any atom is 0.419 e. The van der Waals surface area contributed by atoms with E-state index in [1.165, 1.54) is 6.07 Å². The molecule has 3 heterocycles. The van der Waals surface area contributed by atoms with E-state index in [0.29, 0.717) is 37.8 Å². The lowest BCUT2D eigenvalue weighted by Gasteiger charge is -2.35. The summed E-state index contributed by atoms with van der Waals surface area (Å²) in [5, 5.41) is 9.54. The number of alkyl halides is 3. The summed E-state index contributed by atoms with van der Waals surface area (Å²) in [6, 6.07) is 3.67. The van der Waals surface area contributed by atoms with Gasteiger partial charge in [0.15, 0.2) is 0 Å². The molecular weight excluding hydrogens is 385 g/mol. The number of hydrogen-bond acceptors (Lipinski definition) is 6. The van der Waals surface area contributed by atoms with Crippen LogP contribution >= 0.6 is 0 Å². The van der Waals surface area contributed by atoms with Crippen molar-refractivity contribution in [3.63, 3.8) is 0 Å². The van der Waals surface area contributed by atoms with Crippen LogP contribution in [0.3, 0.4) is 0 Å². The maximum absolute atomic E-state index is 13.1. The normalized spacial score (nSPS) is 22.1. The van der Waals surface area contributed by atoms with E-state index < -0.39 is 17.5 Å². The minimum Gasteiger partial charge on any atom is -0.507 e. The highest BCUT2D eigenvalue weighted by Crippen LogP contribution is 2.41. The number of likely N-dealkylation sites (tertiary alicyclic amines) is 1. The molecule has 0 aliphatic carbocycles. The Morgan fingerprint density at radius 1 is 1.31 bits per heavy atom. The molecule has 2 aliphatic heterocycles. The van der Waals surface area contributed by atoms with Crippen molar-refractivity contribution in [1.29, 1.82) is 0 Å². The highest BCUT2D eigenvalue weighted by Gasteiger charge is 2.45. The fourth-order valence-corrected chi connectivity index (χ4v) is 4.17. The summed E-state index contributed by atoms with van der Waals surface area (Å²) in [5.74, 6) is -0.113. The molecule has 1 fully saturated rings. The van der Waals surface area contributed by atoms with E-state index in [1.807, 2.05) is 19.0 Å². The van der Waals surface area contributed by atoms with E-state index in [1.54, 1.807) is 6.20 Å². The standard InChI is InChI=1S/C20H23F3N4O2/c1-26(2)18-24-8-14-10-29-12-19(17(14)25-18)5-6-27(11-19)9-13-3-4-16(28)15(7-13)20(21,22)23/h3-4,7-8,28H,5-6,9-12H2,1-2H3/t19-/m1/s1. The second-order valence-corrected chi connectivity index (χ2v) is 8.02. The molecule has 1 saturated heterocycles. The minimum atomic E-state index is -4.58. The van der Waals surface area contributed by atoms with Gasteiger partial charge in [0.2, 0.25) is 5.95 Å². The van der Waals surface area contributed by atoms with Crippen molar-refractivity contribution in [1.82, 2.24) is 14.9 Å². The highest BCUT2D eigenvalue weighted by atomic mass is 19.4. The van der Waals surface area contributed by atoms with Crippen molar-refractivity contribution < 1.29 is 23.0 Å². The van der Waals surface area contributed by atoms with E-state index in [9.17, 15) is 18.3 Å². The smallest absolute Gasteiger partial charge is 0.419 e. The maximum atomic E-state index is 13.1. The summed E-state index contributed by atoms with van der Waals surface area (Å²) >= 11 is 0. The van der Waals surface area contributed by atoms with Crippen molar-refractivity contribution in [3.05, 3.63) is 46.8 Å². The molecule has 0 saturated carbocycles. The number of fused-ring (bicyclic) bond motifs is 2. The average molecular weight is 408 g/mol. The monoisotopic (exact) mass is 408 g/mol. The number of benzene rings is 1. The van der Waals surface area contributed by atoms with E-state index in [2.05, 4.69) is 9.88 Å². The highest BCUT2D eigenvalue weighted by molar-refractivity contribution is 5.39. The lowest BCUT2D eigenvalue weighted by molar-refractivity contribution is -0.138. The topological polar surface area (TPSA) is 61.7 Å².